The summed E-state index contributed by atoms with van der Waals surface area (Å²) in [4.78, 5) is 0. The van der Waals surface area contributed by atoms with E-state index in [0.29, 0.717) is 0 Å². The van der Waals surface area contributed by atoms with Gasteiger partial charge >= 0.3 is 0 Å². The minimum absolute atomic E-state index is 0.0808. The van der Waals surface area contributed by atoms with E-state index in [4.69, 9.17) is 5.10 Å². The van der Waals surface area contributed by atoms with Gasteiger partial charge in [0.25, 0.3) is 0 Å². The summed E-state index contributed by atoms with van der Waals surface area (Å²) < 4.78 is 2.25. The first-order chi connectivity index (χ1) is 8.97. The van der Waals surface area contributed by atoms with Gasteiger partial charge in [-0.1, -0.05) is 13.8 Å². The third-order valence-electron chi connectivity index (χ3n) is 3.86. The summed E-state index contributed by atoms with van der Waals surface area (Å²) in [6, 6.07) is 0.799. The zero-order chi connectivity index (χ0) is 14.0. The molecule has 2 rings (SSSR count). The van der Waals surface area contributed by atoms with Crippen molar-refractivity contribution in [2.24, 2.45) is 0 Å². The fourth-order valence-corrected chi connectivity index (χ4v) is 2.72. The molecule has 0 spiro atoms. The Bertz CT molecular complexity index is 422. The topological polar surface area (TPSA) is 29.9 Å². The molecular formula is C16H29N3. The lowest BCUT2D eigenvalue weighted by Gasteiger charge is -2.22. The van der Waals surface area contributed by atoms with Gasteiger partial charge in [0, 0.05) is 11.7 Å². The van der Waals surface area contributed by atoms with Crippen LogP contribution in [0.15, 0.2) is 0 Å². The quantitative estimate of drug-likeness (QED) is 0.855. The first kappa shape index (κ1) is 14.6. The largest absolute Gasteiger partial charge is 0.314 e. The number of aryl methyl sites for hydroxylation is 1. The maximum absolute atomic E-state index is 4.87. The highest BCUT2D eigenvalue weighted by atomic mass is 15.3. The molecule has 1 saturated carbocycles. The fourth-order valence-electron chi connectivity index (χ4n) is 2.72. The van der Waals surface area contributed by atoms with Crippen molar-refractivity contribution < 1.29 is 0 Å². The van der Waals surface area contributed by atoms with Gasteiger partial charge in [-0.15, -0.1) is 0 Å². The van der Waals surface area contributed by atoms with Gasteiger partial charge in [0.05, 0.1) is 11.2 Å². The number of aromatic nitrogens is 2. The van der Waals surface area contributed by atoms with Crippen LogP contribution in [0.4, 0.5) is 0 Å². The average Bonchev–Trinajstić information content (AvgIpc) is 3.07. The fraction of sp³-hybridized carbons (Fsp3) is 0.812. The number of rotatable bonds is 6. The highest BCUT2D eigenvalue weighted by Crippen LogP contribution is 2.24. The van der Waals surface area contributed by atoms with Crippen LogP contribution in [0, 0.1) is 0 Å². The van der Waals surface area contributed by atoms with Crippen LogP contribution in [0.25, 0.3) is 0 Å². The molecule has 0 amide bonds. The second kappa shape index (κ2) is 5.66. The van der Waals surface area contributed by atoms with E-state index in [9.17, 15) is 0 Å². The lowest BCUT2D eigenvalue weighted by atomic mass is 10.0. The number of hydrogen-bond acceptors (Lipinski definition) is 2. The molecule has 1 aliphatic carbocycles. The molecule has 0 saturated heterocycles. The highest BCUT2D eigenvalue weighted by Gasteiger charge is 2.24. The summed E-state index contributed by atoms with van der Waals surface area (Å²) in [5, 5.41) is 8.49. The van der Waals surface area contributed by atoms with E-state index in [1.165, 1.54) is 29.8 Å². The van der Waals surface area contributed by atoms with Gasteiger partial charge in [0.2, 0.25) is 0 Å². The van der Waals surface area contributed by atoms with Crippen LogP contribution in [0.1, 0.15) is 64.4 Å². The van der Waals surface area contributed by atoms with E-state index in [-0.39, 0.29) is 5.54 Å². The molecular weight excluding hydrogens is 234 g/mol. The highest BCUT2D eigenvalue weighted by molar-refractivity contribution is 5.28. The molecule has 1 aromatic heterocycles. The third-order valence-corrected chi connectivity index (χ3v) is 3.86. The molecule has 1 aliphatic rings. The Hall–Kier alpha value is -0.830. The minimum Gasteiger partial charge on any atom is -0.314 e. The molecule has 1 aromatic rings. The molecule has 0 radical (unpaired) electrons. The van der Waals surface area contributed by atoms with Crippen molar-refractivity contribution in [1.82, 2.24) is 15.1 Å². The first-order valence-electron chi connectivity index (χ1n) is 7.80. The summed E-state index contributed by atoms with van der Waals surface area (Å²) in [5.74, 6) is 0. The van der Waals surface area contributed by atoms with Crippen molar-refractivity contribution in [1.29, 1.82) is 0 Å². The van der Waals surface area contributed by atoms with Crippen LogP contribution in [-0.2, 0) is 24.8 Å². The summed E-state index contributed by atoms with van der Waals surface area (Å²) in [5.41, 5.74) is 4.30. The second-order valence-electron chi connectivity index (χ2n) is 6.64. The van der Waals surface area contributed by atoms with Gasteiger partial charge in [0.15, 0.2) is 0 Å². The van der Waals surface area contributed by atoms with Gasteiger partial charge in [-0.05, 0) is 65.0 Å². The SMILES string of the molecule is CCc1nn(C(C)(C)C)c(CC)c1CCNC1CC1. The maximum Gasteiger partial charge on any atom is 0.0657 e. The molecule has 0 aromatic carbocycles. The molecule has 1 heterocycles. The van der Waals surface area contributed by atoms with Crippen LogP contribution in [0.5, 0.6) is 0 Å². The smallest absolute Gasteiger partial charge is 0.0657 e. The van der Waals surface area contributed by atoms with E-state index in [2.05, 4.69) is 44.6 Å². The molecule has 0 aliphatic heterocycles. The lowest BCUT2D eigenvalue weighted by molar-refractivity contribution is 0.342. The zero-order valence-electron chi connectivity index (χ0n) is 13.2. The van der Waals surface area contributed by atoms with Crippen molar-refractivity contribution in [2.75, 3.05) is 6.54 Å². The predicted octanol–water partition coefficient (Wildman–Crippen LogP) is 3.06. The van der Waals surface area contributed by atoms with Crippen LogP contribution >= 0.6 is 0 Å². The third kappa shape index (κ3) is 3.38. The normalized spacial score (nSPS) is 16.1. The summed E-state index contributed by atoms with van der Waals surface area (Å²) in [6.07, 6.45) is 5.96. The first-order valence-corrected chi connectivity index (χ1v) is 7.80. The van der Waals surface area contributed by atoms with Gasteiger partial charge in [-0.2, -0.15) is 5.10 Å². The second-order valence-corrected chi connectivity index (χ2v) is 6.64. The van der Waals surface area contributed by atoms with Gasteiger partial charge in [-0.3, -0.25) is 4.68 Å². The molecule has 0 unspecified atom stereocenters. The molecule has 3 heteroatoms. The van der Waals surface area contributed by atoms with E-state index in [1.54, 1.807) is 0 Å². The summed E-state index contributed by atoms with van der Waals surface area (Å²) in [6.45, 7) is 12.3. The van der Waals surface area contributed by atoms with Gasteiger partial charge in [0.1, 0.15) is 0 Å². The van der Waals surface area contributed by atoms with Gasteiger partial charge < -0.3 is 5.32 Å². The molecule has 1 fully saturated rings. The molecule has 19 heavy (non-hydrogen) atoms. The molecule has 0 bridgehead atoms. The monoisotopic (exact) mass is 263 g/mol. The van der Waals surface area contributed by atoms with Crippen molar-refractivity contribution >= 4 is 0 Å². The Balaban J connectivity index is 2.19. The van der Waals surface area contributed by atoms with Crippen molar-refractivity contribution in [3.8, 4) is 0 Å². The number of nitrogens with one attached hydrogen (secondary N) is 1. The minimum atomic E-state index is 0.0808. The van der Waals surface area contributed by atoms with Crippen LogP contribution in [0.2, 0.25) is 0 Å². The molecule has 0 atom stereocenters. The predicted molar refractivity (Wildman–Crippen MR) is 80.7 cm³/mol. The van der Waals surface area contributed by atoms with E-state index < -0.39 is 0 Å². The van der Waals surface area contributed by atoms with Crippen molar-refractivity contribution in [3.05, 3.63) is 17.0 Å². The van der Waals surface area contributed by atoms with Gasteiger partial charge in [-0.25, -0.2) is 0 Å². The number of hydrogen-bond donors (Lipinski definition) is 1. The Kier molecular flexibility index (Phi) is 4.34. The van der Waals surface area contributed by atoms with E-state index in [0.717, 1.165) is 31.8 Å². The Morgan fingerprint density at radius 2 is 1.89 bits per heavy atom. The average molecular weight is 263 g/mol. The standard InChI is InChI=1S/C16H29N3/c1-6-14-13(10-11-17-12-8-9-12)15(7-2)19(18-14)16(3,4)5/h12,17H,6-11H2,1-5H3. The van der Waals surface area contributed by atoms with Crippen LogP contribution in [-0.4, -0.2) is 22.4 Å². The summed E-state index contributed by atoms with van der Waals surface area (Å²) in [7, 11) is 0. The number of nitrogens with zero attached hydrogens (tertiary/aromatic N) is 2. The molecule has 1 N–H and O–H groups in total. The van der Waals surface area contributed by atoms with Crippen LogP contribution < -0.4 is 5.32 Å². The van der Waals surface area contributed by atoms with Crippen molar-refractivity contribution in [2.45, 2.75) is 78.3 Å². The maximum atomic E-state index is 4.87. The Labute approximate surface area is 117 Å². The van der Waals surface area contributed by atoms with Crippen molar-refractivity contribution in [3.63, 3.8) is 0 Å². The van der Waals surface area contributed by atoms with E-state index in [1.807, 2.05) is 0 Å². The molecule has 108 valence electrons. The zero-order valence-corrected chi connectivity index (χ0v) is 13.2. The lowest BCUT2D eigenvalue weighted by Crippen LogP contribution is -2.26. The molecule has 3 nitrogen and oxygen atoms in total. The summed E-state index contributed by atoms with van der Waals surface area (Å²) >= 11 is 0. The van der Waals surface area contributed by atoms with Crippen LogP contribution in [0.3, 0.4) is 0 Å². The Morgan fingerprint density at radius 1 is 1.21 bits per heavy atom. The Morgan fingerprint density at radius 3 is 2.37 bits per heavy atom. The van der Waals surface area contributed by atoms with E-state index >= 15 is 0 Å².